The lowest BCUT2D eigenvalue weighted by molar-refractivity contribution is -0.121. The third kappa shape index (κ3) is 3.74. The quantitative estimate of drug-likeness (QED) is 0.931. The number of ether oxygens (including phenoxy) is 1. The van der Waals surface area contributed by atoms with Crippen molar-refractivity contribution in [1.82, 2.24) is 4.90 Å². The first-order chi connectivity index (χ1) is 10.2. The predicted octanol–water partition coefficient (Wildman–Crippen LogP) is 2.67. The Morgan fingerprint density at radius 3 is 2.57 bits per heavy atom. The summed E-state index contributed by atoms with van der Waals surface area (Å²) in [5.41, 5.74) is 2.03. The highest BCUT2D eigenvalue weighted by atomic mass is 16.5. The maximum Gasteiger partial charge on any atom is 0.409 e. The summed E-state index contributed by atoms with van der Waals surface area (Å²) in [6, 6.07) is 7.85. The third-order valence-corrected chi connectivity index (χ3v) is 3.95. The van der Waals surface area contributed by atoms with Crippen LogP contribution in [0.5, 0.6) is 0 Å². The second-order valence-electron chi connectivity index (χ2n) is 5.23. The van der Waals surface area contributed by atoms with Crippen LogP contribution in [0.1, 0.15) is 25.3 Å². The van der Waals surface area contributed by atoms with E-state index in [9.17, 15) is 9.59 Å². The van der Waals surface area contributed by atoms with Gasteiger partial charge in [-0.3, -0.25) is 4.79 Å². The average Bonchev–Trinajstić information content (AvgIpc) is 2.54. The van der Waals surface area contributed by atoms with Crippen LogP contribution in [0.2, 0.25) is 0 Å². The molecule has 0 aliphatic carbocycles. The van der Waals surface area contributed by atoms with E-state index in [-0.39, 0.29) is 17.9 Å². The number of likely N-dealkylation sites (tertiary alicyclic amines) is 1. The van der Waals surface area contributed by atoms with E-state index in [2.05, 4.69) is 12.2 Å². The number of aryl methyl sites for hydroxylation is 1. The molecule has 0 atom stereocenters. The SMILES string of the molecule is CCc1ccccc1NC(=O)C1CCN(C(=O)OC)CC1. The fourth-order valence-electron chi connectivity index (χ4n) is 2.64. The van der Waals surface area contributed by atoms with Crippen molar-refractivity contribution in [3.8, 4) is 0 Å². The Hall–Kier alpha value is -2.04. The van der Waals surface area contributed by atoms with Gasteiger partial charge in [0.1, 0.15) is 0 Å². The Bertz CT molecular complexity index is 508. The monoisotopic (exact) mass is 290 g/mol. The molecule has 0 saturated carbocycles. The summed E-state index contributed by atoms with van der Waals surface area (Å²) in [4.78, 5) is 25.4. The van der Waals surface area contributed by atoms with Crippen LogP contribution in [-0.4, -0.2) is 37.1 Å². The van der Waals surface area contributed by atoms with Gasteiger partial charge in [-0.15, -0.1) is 0 Å². The zero-order valence-electron chi connectivity index (χ0n) is 12.6. The number of methoxy groups -OCH3 is 1. The zero-order chi connectivity index (χ0) is 15.2. The maximum absolute atomic E-state index is 12.3. The lowest BCUT2D eigenvalue weighted by Gasteiger charge is -2.30. The van der Waals surface area contributed by atoms with E-state index in [1.165, 1.54) is 7.11 Å². The number of piperidine rings is 1. The number of rotatable bonds is 3. The first-order valence-corrected chi connectivity index (χ1v) is 7.37. The van der Waals surface area contributed by atoms with Crippen molar-refractivity contribution < 1.29 is 14.3 Å². The molecule has 1 heterocycles. The molecule has 1 aromatic rings. The van der Waals surface area contributed by atoms with Gasteiger partial charge < -0.3 is 15.0 Å². The summed E-state index contributed by atoms with van der Waals surface area (Å²) < 4.78 is 4.70. The van der Waals surface area contributed by atoms with E-state index in [4.69, 9.17) is 4.74 Å². The summed E-state index contributed by atoms with van der Waals surface area (Å²) in [7, 11) is 1.38. The lowest BCUT2D eigenvalue weighted by atomic mass is 9.96. The highest BCUT2D eigenvalue weighted by Crippen LogP contribution is 2.22. The van der Waals surface area contributed by atoms with Crippen LogP contribution in [0, 0.1) is 5.92 Å². The molecule has 2 rings (SSSR count). The molecule has 21 heavy (non-hydrogen) atoms. The molecule has 0 unspecified atom stereocenters. The number of amides is 2. The molecule has 1 aliphatic heterocycles. The van der Waals surface area contributed by atoms with Crippen molar-refractivity contribution in [2.24, 2.45) is 5.92 Å². The van der Waals surface area contributed by atoms with Crippen LogP contribution in [0.25, 0.3) is 0 Å². The summed E-state index contributed by atoms with van der Waals surface area (Å²) in [6.07, 6.45) is 1.92. The normalized spacial score (nSPS) is 15.6. The van der Waals surface area contributed by atoms with Gasteiger partial charge in [-0.25, -0.2) is 4.79 Å². The molecule has 5 heteroatoms. The predicted molar refractivity (Wildman–Crippen MR) is 81.2 cm³/mol. The van der Waals surface area contributed by atoms with Crippen LogP contribution in [-0.2, 0) is 16.0 Å². The van der Waals surface area contributed by atoms with Gasteiger partial charge in [0.15, 0.2) is 0 Å². The molecule has 5 nitrogen and oxygen atoms in total. The number of benzene rings is 1. The largest absolute Gasteiger partial charge is 0.453 e. The van der Waals surface area contributed by atoms with E-state index in [0.717, 1.165) is 17.7 Å². The van der Waals surface area contributed by atoms with Crippen molar-refractivity contribution in [2.75, 3.05) is 25.5 Å². The summed E-state index contributed by atoms with van der Waals surface area (Å²) in [5, 5.41) is 3.02. The number of nitrogens with zero attached hydrogens (tertiary/aromatic N) is 1. The zero-order valence-corrected chi connectivity index (χ0v) is 12.6. The number of para-hydroxylation sites is 1. The molecule has 114 valence electrons. The summed E-state index contributed by atoms with van der Waals surface area (Å²) >= 11 is 0. The Labute approximate surface area is 125 Å². The van der Waals surface area contributed by atoms with Crippen molar-refractivity contribution in [1.29, 1.82) is 0 Å². The number of anilines is 1. The molecule has 1 aliphatic rings. The van der Waals surface area contributed by atoms with Gasteiger partial charge in [0.25, 0.3) is 0 Å². The molecule has 1 N–H and O–H groups in total. The van der Waals surface area contributed by atoms with Crippen molar-refractivity contribution >= 4 is 17.7 Å². The molecule has 1 saturated heterocycles. The highest BCUT2D eigenvalue weighted by molar-refractivity contribution is 5.93. The van der Waals surface area contributed by atoms with Crippen LogP contribution in [0.3, 0.4) is 0 Å². The molecule has 2 amide bonds. The Balaban J connectivity index is 1.92. The lowest BCUT2D eigenvalue weighted by Crippen LogP contribution is -2.41. The van der Waals surface area contributed by atoms with Crippen LogP contribution in [0.15, 0.2) is 24.3 Å². The average molecular weight is 290 g/mol. The van der Waals surface area contributed by atoms with Gasteiger partial charge in [-0.05, 0) is 30.9 Å². The summed E-state index contributed by atoms with van der Waals surface area (Å²) in [6.45, 7) is 3.21. The molecule has 0 radical (unpaired) electrons. The van der Waals surface area contributed by atoms with E-state index in [0.29, 0.717) is 25.9 Å². The van der Waals surface area contributed by atoms with Crippen molar-refractivity contribution in [3.63, 3.8) is 0 Å². The standard InChI is InChI=1S/C16H22N2O3/c1-3-12-6-4-5-7-14(12)17-15(19)13-8-10-18(11-9-13)16(20)21-2/h4-7,13H,3,8-11H2,1-2H3,(H,17,19). The number of carbonyl (C=O) groups excluding carboxylic acids is 2. The van der Waals surface area contributed by atoms with Gasteiger partial charge in [0.2, 0.25) is 5.91 Å². The fourth-order valence-corrected chi connectivity index (χ4v) is 2.64. The van der Waals surface area contributed by atoms with Crippen molar-refractivity contribution in [2.45, 2.75) is 26.2 Å². The van der Waals surface area contributed by atoms with Gasteiger partial charge in [0, 0.05) is 24.7 Å². The Morgan fingerprint density at radius 1 is 1.29 bits per heavy atom. The number of nitrogens with one attached hydrogen (secondary N) is 1. The second kappa shape index (κ2) is 7.11. The molecule has 0 bridgehead atoms. The first kappa shape index (κ1) is 15.4. The number of hydrogen-bond donors (Lipinski definition) is 1. The molecule has 1 fully saturated rings. The molecular weight excluding hydrogens is 268 g/mol. The minimum absolute atomic E-state index is 0.0421. The van der Waals surface area contributed by atoms with Gasteiger partial charge in [0.05, 0.1) is 7.11 Å². The third-order valence-electron chi connectivity index (χ3n) is 3.95. The van der Waals surface area contributed by atoms with Gasteiger partial charge in [-0.2, -0.15) is 0 Å². The van der Waals surface area contributed by atoms with Crippen LogP contribution in [0.4, 0.5) is 10.5 Å². The second-order valence-corrected chi connectivity index (χ2v) is 5.23. The van der Waals surface area contributed by atoms with Crippen LogP contribution < -0.4 is 5.32 Å². The topological polar surface area (TPSA) is 58.6 Å². The van der Waals surface area contributed by atoms with Gasteiger partial charge in [-0.1, -0.05) is 25.1 Å². The van der Waals surface area contributed by atoms with E-state index in [1.807, 2.05) is 24.3 Å². The Kier molecular flexibility index (Phi) is 5.20. The minimum Gasteiger partial charge on any atom is -0.453 e. The Morgan fingerprint density at radius 2 is 1.95 bits per heavy atom. The molecule has 0 spiro atoms. The smallest absolute Gasteiger partial charge is 0.409 e. The van der Waals surface area contributed by atoms with Crippen LogP contribution >= 0.6 is 0 Å². The molecule has 0 aromatic heterocycles. The highest BCUT2D eigenvalue weighted by Gasteiger charge is 2.27. The van der Waals surface area contributed by atoms with Gasteiger partial charge >= 0.3 is 6.09 Å². The van der Waals surface area contributed by atoms with E-state index >= 15 is 0 Å². The number of hydrogen-bond acceptors (Lipinski definition) is 3. The molecule has 1 aromatic carbocycles. The van der Waals surface area contributed by atoms with E-state index in [1.54, 1.807) is 4.90 Å². The van der Waals surface area contributed by atoms with Crippen molar-refractivity contribution in [3.05, 3.63) is 29.8 Å². The van der Waals surface area contributed by atoms with E-state index < -0.39 is 0 Å². The summed E-state index contributed by atoms with van der Waals surface area (Å²) in [5.74, 6) is -0.00349. The first-order valence-electron chi connectivity index (χ1n) is 7.37. The molecular formula is C16H22N2O3. The maximum atomic E-state index is 12.3. The minimum atomic E-state index is -0.315. The fraction of sp³-hybridized carbons (Fsp3) is 0.500. The number of carbonyl (C=O) groups is 2.